The summed E-state index contributed by atoms with van der Waals surface area (Å²) >= 11 is 1.90. The standard InChI is InChI=1S/C59H38BN3S/c1-59(2,3)35-30-49-53-50(31-35)63-56-46(24-14-25-47(56)61-58(63)33-15-5-4-6-16-33)60(53)54-52-42-21-10-9-18-38(42)37-17-7-8-19-39(37)44(52)32-45-40-28-27-34(29-48(40)62(49)55(45)54)36-22-13-23-43-41-20-11-12-26-51(41)64-57(36)43/h4-32H,1-3H3. The summed E-state index contributed by atoms with van der Waals surface area (Å²) in [7, 11) is 0. The van der Waals surface area contributed by atoms with Gasteiger partial charge in [-0.05, 0) is 107 Å². The molecule has 0 saturated heterocycles. The third-order valence-corrected chi connectivity index (χ3v) is 15.8. The molecule has 0 bridgehead atoms. The van der Waals surface area contributed by atoms with Crippen LogP contribution in [0.3, 0.4) is 0 Å². The van der Waals surface area contributed by atoms with Gasteiger partial charge in [-0.25, -0.2) is 4.98 Å². The Bertz CT molecular complexity index is 4240. The number of rotatable bonds is 2. The van der Waals surface area contributed by atoms with Gasteiger partial charge in [0.15, 0.2) is 0 Å². The highest BCUT2D eigenvalue weighted by atomic mass is 32.1. The van der Waals surface area contributed by atoms with Crippen LogP contribution in [-0.2, 0) is 5.41 Å². The molecule has 0 spiro atoms. The molecule has 15 rings (SSSR count). The molecule has 0 unspecified atom stereocenters. The van der Waals surface area contributed by atoms with Crippen LogP contribution in [0.15, 0.2) is 176 Å². The van der Waals surface area contributed by atoms with Gasteiger partial charge >= 0.3 is 0 Å². The SMILES string of the molecule is CC(C)(C)c1cc2c3c(c1)-n1c4cc(-c5cccc6c5sc5ccccc56)ccc4c4cc5c6ccccc6c6ccccc6c5c(c41)B3c1cccc3nc(-c4ccccc4)n-2c13. The van der Waals surface area contributed by atoms with Gasteiger partial charge in [0, 0.05) is 47.9 Å². The van der Waals surface area contributed by atoms with E-state index in [1.165, 1.54) is 124 Å². The van der Waals surface area contributed by atoms with Crippen molar-refractivity contribution in [1.82, 2.24) is 14.1 Å². The lowest BCUT2D eigenvalue weighted by atomic mass is 9.33. The van der Waals surface area contributed by atoms with Crippen molar-refractivity contribution in [2.24, 2.45) is 0 Å². The number of para-hydroxylation sites is 1. The van der Waals surface area contributed by atoms with Gasteiger partial charge in [0.1, 0.15) is 5.82 Å². The van der Waals surface area contributed by atoms with Gasteiger partial charge < -0.3 is 4.57 Å². The average molecular weight is 832 g/mol. The molecule has 0 N–H and O–H groups in total. The van der Waals surface area contributed by atoms with Crippen LogP contribution in [0.4, 0.5) is 0 Å². The zero-order valence-corrected chi connectivity index (χ0v) is 36.4. The molecule has 0 radical (unpaired) electrons. The predicted molar refractivity (Wildman–Crippen MR) is 275 cm³/mol. The third-order valence-electron chi connectivity index (χ3n) is 14.6. The van der Waals surface area contributed by atoms with Gasteiger partial charge in [0.05, 0.1) is 22.1 Å². The summed E-state index contributed by atoms with van der Waals surface area (Å²) in [4.78, 5) is 5.50. The Balaban J connectivity index is 1.17. The molecule has 0 atom stereocenters. The Labute approximate surface area is 373 Å². The smallest absolute Gasteiger partial charge is 0.253 e. The fraction of sp³-hybridized carbons (Fsp3) is 0.0678. The average Bonchev–Trinajstić information content (AvgIpc) is 4.02. The Hall–Kier alpha value is -7.47. The van der Waals surface area contributed by atoms with E-state index in [1.807, 2.05) is 11.3 Å². The number of aromatic nitrogens is 3. The molecule has 2 aliphatic heterocycles. The van der Waals surface area contributed by atoms with Crippen molar-refractivity contribution < 1.29 is 0 Å². The first-order chi connectivity index (χ1) is 31.4. The van der Waals surface area contributed by atoms with E-state index in [4.69, 9.17) is 4.98 Å². The van der Waals surface area contributed by atoms with E-state index in [1.54, 1.807) is 0 Å². The highest BCUT2D eigenvalue weighted by molar-refractivity contribution is 7.26. The number of nitrogens with zero attached hydrogens (tertiary/aromatic N) is 3. The molecule has 2 aliphatic rings. The fourth-order valence-corrected chi connectivity index (χ4v) is 13.1. The predicted octanol–water partition coefficient (Wildman–Crippen LogP) is 13.7. The van der Waals surface area contributed by atoms with Crippen LogP contribution in [0.25, 0.3) is 119 Å². The lowest BCUT2D eigenvalue weighted by Gasteiger charge is -2.36. The van der Waals surface area contributed by atoms with Crippen LogP contribution < -0.4 is 16.4 Å². The molecule has 10 aromatic carbocycles. The summed E-state index contributed by atoms with van der Waals surface area (Å²) in [5.74, 6) is 0.983. The van der Waals surface area contributed by atoms with Crippen molar-refractivity contribution in [3.8, 4) is 33.9 Å². The maximum atomic E-state index is 5.50. The number of thiophene rings is 1. The first-order valence-corrected chi connectivity index (χ1v) is 23.2. The fourth-order valence-electron chi connectivity index (χ4n) is 11.8. The van der Waals surface area contributed by atoms with E-state index in [9.17, 15) is 0 Å². The molecule has 0 saturated carbocycles. The Morgan fingerprint density at radius 1 is 0.484 bits per heavy atom. The molecule has 5 heterocycles. The molecule has 3 aromatic heterocycles. The zero-order chi connectivity index (χ0) is 42.2. The number of fused-ring (bicyclic) bond motifs is 17. The number of benzene rings is 10. The van der Waals surface area contributed by atoms with Gasteiger partial charge in [-0.1, -0.05) is 160 Å². The monoisotopic (exact) mass is 831 g/mol. The summed E-state index contributed by atoms with van der Waals surface area (Å²) in [6.07, 6.45) is 0. The number of imidazole rings is 1. The van der Waals surface area contributed by atoms with Gasteiger partial charge in [-0.15, -0.1) is 11.3 Å². The molecule has 5 heteroatoms. The summed E-state index contributed by atoms with van der Waals surface area (Å²) < 4.78 is 7.84. The minimum absolute atomic E-state index is 0.0325. The van der Waals surface area contributed by atoms with Gasteiger partial charge in [0.25, 0.3) is 6.71 Å². The highest BCUT2D eigenvalue weighted by Crippen LogP contribution is 2.46. The van der Waals surface area contributed by atoms with Crippen LogP contribution in [0.5, 0.6) is 0 Å². The normalized spacial score (nSPS) is 13.2. The van der Waals surface area contributed by atoms with Crippen molar-refractivity contribution in [3.05, 3.63) is 181 Å². The van der Waals surface area contributed by atoms with E-state index in [0.717, 1.165) is 16.9 Å². The summed E-state index contributed by atoms with van der Waals surface area (Å²) in [5, 5.41) is 13.1. The summed E-state index contributed by atoms with van der Waals surface area (Å²) in [6.45, 7) is 7.03. The van der Waals surface area contributed by atoms with Crippen LogP contribution in [0, 0.1) is 0 Å². The second kappa shape index (κ2) is 12.2. The minimum atomic E-state index is -0.118. The molecular weight excluding hydrogens is 794 g/mol. The Kier molecular flexibility index (Phi) is 6.66. The first-order valence-electron chi connectivity index (χ1n) is 22.4. The molecule has 298 valence electrons. The Morgan fingerprint density at radius 3 is 1.95 bits per heavy atom. The second-order valence-electron chi connectivity index (χ2n) is 19.0. The van der Waals surface area contributed by atoms with Crippen molar-refractivity contribution in [2.45, 2.75) is 26.2 Å². The van der Waals surface area contributed by atoms with E-state index < -0.39 is 0 Å². The van der Waals surface area contributed by atoms with Crippen molar-refractivity contribution in [1.29, 1.82) is 0 Å². The van der Waals surface area contributed by atoms with Crippen molar-refractivity contribution >= 4 is 120 Å². The molecule has 0 amide bonds. The van der Waals surface area contributed by atoms with Gasteiger partial charge in [-0.3, -0.25) is 4.57 Å². The maximum absolute atomic E-state index is 5.50. The third kappa shape index (κ3) is 4.40. The maximum Gasteiger partial charge on any atom is 0.253 e. The van der Waals surface area contributed by atoms with Crippen LogP contribution in [0.1, 0.15) is 26.3 Å². The van der Waals surface area contributed by atoms with Gasteiger partial charge in [-0.2, -0.15) is 0 Å². The molecular formula is C59H38BN3S. The lowest BCUT2D eigenvalue weighted by Crippen LogP contribution is -2.59. The van der Waals surface area contributed by atoms with E-state index >= 15 is 0 Å². The van der Waals surface area contributed by atoms with Crippen molar-refractivity contribution in [3.63, 3.8) is 0 Å². The molecule has 0 fully saturated rings. The minimum Gasteiger partial charge on any atom is -0.310 e. The number of hydrogen-bond donors (Lipinski definition) is 0. The highest BCUT2D eigenvalue weighted by Gasteiger charge is 2.43. The Morgan fingerprint density at radius 2 is 1.16 bits per heavy atom. The largest absolute Gasteiger partial charge is 0.310 e. The van der Waals surface area contributed by atoms with Crippen LogP contribution in [0.2, 0.25) is 0 Å². The topological polar surface area (TPSA) is 22.8 Å². The lowest BCUT2D eigenvalue weighted by molar-refractivity contribution is 0.589. The molecule has 3 nitrogen and oxygen atoms in total. The molecule has 13 aromatic rings. The van der Waals surface area contributed by atoms with E-state index in [2.05, 4.69) is 206 Å². The van der Waals surface area contributed by atoms with Crippen molar-refractivity contribution in [2.75, 3.05) is 0 Å². The quantitative estimate of drug-likeness (QED) is 0.126. The summed E-state index contributed by atoms with van der Waals surface area (Å²) in [6, 6.07) is 66.3. The molecule has 64 heavy (non-hydrogen) atoms. The van der Waals surface area contributed by atoms with Crippen LogP contribution >= 0.6 is 11.3 Å². The van der Waals surface area contributed by atoms with Gasteiger partial charge in [0.2, 0.25) is 0 Å². The van der Waals surface area contributed by atoms with E-state index in [0.29, 0.717) is 0 Å². The zero-order valence-electron chi connectivity index (χ0n) is 35.6. The summed E-state index contributed by atoms with van der Waals surface area (Å²) in [5.41, 5.74) is 16.1. The molecule has 0 aliphatic carbocycles. The van der Waals surface area contributed by atoms with Crippen LogP contribution in [-0.4, -0.2) is 20.8 Å². The number of hydrogen-bond acceptors (Lipinski definition) is 2. The second-order valence-corrected chi connectivity index (χ2v) is 20.1. The van der Waals surface area contributed by atoms with E-state index in [-0.39, 0.29) is 12.1 Å². The first kappa shape index (κ1) is 35.0.